The Bertz CT molecular complexity index is 1340. The van der Waals surface area contributed by atoms with Crippen molar-refractivity contribution >= 4 is 11.6 Å². The van der Waals surface area contributed by atoms with Crippen molar-refractivity contribution < 1.29 is 9.53 Å². The third-order valence-electron chi connectivity index (χ3n) is 6.04. The molecule has 1 heterocycles. The van der Waals surface area contributed by atoms with Crippen LogP contribution < -0.4 is 15.4 Å². The summed E-state index contributed by atoms with van der Waals surface area (Å²) in [6.07, 6.45) is 4.53. The average molecular weight is 480 g/mol. The molecular formula is C29H29N5O2. The Labute approximate surface area is 211 Å². The Balaban J connectivity index is 1.44. The van der Waals surface area contributed by atoms with Gasteiger partial charge in [0, 0.05) is 25.4 Å². The summed E-state index contributed by atoms with van der Waals surface area (Å²) < 4.78 is 7.33. The molecule has 36 heavy (non-hydrogen) atoms. The van der Waals surface area contributed by atoms with Crippen molar-refractivity contribution in [3.63, 3.8) is 0 Å². The van der Waals surface area contributed by atoms with Gasteiger partial charge in [0.15, 0.2) is 0 Å². The lowest BCUT2D eigenvalue weighted by molar-refractivity contribution is -0.117. The highest BCUT2D eigenvalue weighted by atomic mass is 16.5. The Hall–Kier alpha value is -4.41. The van der Waals surface area contributed by atoms with E-state index in [4.69, 9.17) is 10.00 Å². The van der Waals surface area contributed by atoms with E-state index in [2.05, 4.69) is 21.8 Å². The molecule has 0 saturated heterocycles. The second kappa shape index (κ2) is 11.8. The van der Waals surface area contributed by atoms with Gasteiger partial charge < -0.3 is 15.4 Å². The number of ether oxygens (including phenoxy) is 1. The van der Waals surface area contributed by atoms with Gasteiger partial charge in [-0.1, -0.05) is 48.5 Å². The van der Waals surface area contributed by atoms with Gasteiger partial charge in [-0.25, -0.2) is 0 Å². The van der Waals surface area contributed by atoms with Crippen LogP contribution in [0.4, 0.5) is 5.69 Å². The molecule has 1 amide bonds. The quantitative estimate of drug-likeness (QED) is 0.326. The van der Waals surface area contributed by atoms with Gasteiger partial charge in [-0.15, -0.1) is 0 Å². The zero-order valence-corrected chi connectivity index (χ0v) is 20.4. The van der Waals surface area contributed by atoms with E-state index >= 15 is 0 Å². The number of benzene rings is 3. The largest absolute Gasteiger partial charge is 0.495 e. The molecule has 3 aromatic carbocycles. The van der Waals surface area contributed by atoms with Gasteiger partial charge in [0.2, 0.25) is 5.91 Å². The number of carbonyl (C=O) groups is 1. The highest BCUT2D eigenvalue weighted by Crippen LogP contribution is 2.31. The number of hydrogen-bond acceptors (Lipinski definition) is 5. The molecule has 4 aromatic rings. The number of nitrogens with zero attached hydrogens (tertiary/aromatic N) is 3. The number of methoxy groups -OCH3 is 1. The molecule has 0 bridgehead atoms. The standard InChI is InChI=1S/C29H29N5O2/c1-34-20-25(18-32-34)24-12-13-27(28(16-24)36-2)33-29(35)26(23-6-4-3-5-7-23)19-31-15-14-21-8-10-22(17-30)11-9-21/h3-13,16,18,20,26,31H,14-15,19H2,1-2H3,(H,33,35). The summed E-state index contributed by atoms with van der Waals surface area (Å²) in [4.78, 5) is 13.4. The summed E-state index contributed by atoms with van der Waals surface area (Å²) in [5.74, 6) is 0.0969. The molecule has 4 rings (SSSR count). The number of aromatic nitrogens is 2. The maximum atomic E-state index is 13.4. The lowest BCUT2D eigenvalue weighted by atomic mass is 9.97. The monoisotopic (exact) mass is 479 g/mol. The predicted octanol–water partition coefficient (Wildman–Crippen LogP) is 4.52. The molecule has 182 valence electrons. The third-order valence-corrected chi connectivity index (χ3v) is 6.04. The zero-order valence-electron chi connectivity index (χ0n) is 20.4. The number of hydrogen-bond donors (Lipinski definition) is 2. The summed E-state index contributed by atoms with van der Waals surface area (Å²) in [6, 6.07) is 25.2. The van der Waals surface area contributed by atoms with Crippen molar-refractivity contribution in [2.45, 2.75) is 12.3 Å². The lowest BCUT2D eigenvalue weighted by Gasteiger charge is -2.19. The van der Waals surface area contributed by atoms with Crippen LogP contribution in [0.25, 0.3) is 11.1 Å². The minimum Gasteiger partial charge on any atom is -0.495 e. The van der Waals surface area contributed by atoms with Crippen molar-refractivity contribution in [1.82, 2.24) is 15.1 Å². The van der Waals surface area contributed by atoms with Crippen molar-refractivity contribution in [3.05, 3.63) is 102 Å². The third kappa shape index (κ3) is 6.17. The van der Waals surface area contributed by atoms with Crippen LogP contribution in [0, 0.1) is 11.3 Å². The molecule has 0 aliphatic rings. The topological polar surface area (TPSA) is 92.0 Å². The summed E-state index contributed by atoms with van der Waals surface area (Å²) in [5, 5.41) is 19.7. The summed E-state index contributed by atoms with van der Waals surface area (Å²) in [6.45, 7) is 1.20. The van der Waals surface area contributed by atoms with Crippen LogP contribution in [0.15, 0.2) is 85.2 Å². The molecule has 0 fully saturated rings. The van der Waals surface area contributed by atoms with Gasteiger partial charge in [-0.05, 0) is 53.9 Å². The van der Waals surface area contributed by atoms with E-state index in [1.165, 1.54) is 0 Å². The summed E-state index contributed by atoms with van der Waals surface area (Å²) in [7, 11) is 3.47. The van der Waals surface area contributed by atoms with Crippen molar-refractivity contribution in [2.75, 3.05) is 25.5 Å². The smallest absolute Gasteiger partial charge is 0.233 e. The summed E-state index contributed by atoms with van der Waals surface area (Å²) in [5.41, 5.74) is 5.28. The van der Waals surface area contributed by atoms with Gasteiger partial charge in [-0.2, -0.15) is 10.4 Å². The number of amides is 1. The summed E-state index contributed by atoms with van der Waals surface area (Å²) >= 11 is 0. The van der Waals surface area contributed by atoms with Gasteiger partial charge in [0.25, 0.3) is 0 Å². The number of anilines is 1. The van der Waals surface area contributed by atoms with Crippen LogP contribution in [0.5, 0.6) is 5.75 Å². The Morgan fingerprint density at radius 1 is 1.08 bits per heavy atom. The first-order chi connectivity index (χ1) is 17.6. The molecule has 0 radical (unpaired) electrons. The number of nitriles is 1. The van der Waals surface area contributed by atoms with Crippen LogP contribution in [-0.4, -0.2) is 35.9 Å². The van der Waals surface area contributed by atoms with E-state index in [9.17, 15) is 4.79 Å². The van der Waals surface area contributed by atoms with Crippen LogP contribution in [0.1, 0.15) is 22.6 Å². The van der Waals surface area contributed by atoms with Gasteiger partial charge in [-0.3, -0.25) is 9.48 Å². The van der Waals surface area contributed by atoms with Crippen LogP contribution in [0.2, 0.25) is 0 Å². The SMILES string of the molecule is COc1cc(-c2cnn(C)c2)ccc1NC(=O)C(CNCCc1ccc(C#N)cc1)c1ccccc1. The van der Waals surface area contributed by atoms with Crippen LogP contribution in [0.3, 0.4) is 0 Å². The van der Waals surface area contributed by atoms with Gasteiger partial charge >= 0.3 is 0 Å². The number of nitrogens with one attached hydrogen (secondary N) is 2. The highest BCUT2D eigenvalue weighted by Gasteiger charge is 2.22. The van der Waals surface area contributed by atoms with E-state index in [1.807, 2.05) is 86.0 Å². The molecular weight excluding hydrogens is 450 g/mol. The molecule has 0 saturated carbocycles. The Morgan fingerprint density at radius 2 is 1.86 bits per heavy atom. The van der Waals surface area contributed by atoms with E-state index in [0.29, 0.717) is 30.1 Å². The van der Waals surface area contributed by atoms with Crippen molar-refractivity contribution in [1.29, 1.82) is 5.26 Å². The predicted molar refractivity (Wildman–Crippen MR) is 141 cm³/mol. The molecule has 7 nitrogen and oxygen atoms in total. The normalized spacial score (nSPS) is 11.5. The second-order valence-electron chi connectivity index (χ2n) is 8.53. The molecule has 2 N–H and O–H groups in total. The maximum absolute atomic E-state index is 13.4. The minimum absolute atomic E-state index is 0.112. The van der Waals surface area contributed by atoms with Crippen molar-refractivity contribution in [2.24, 2.45) is 7.05 Å². The number of carbonyl (C=O) groups excluding carboxylic acids is 1. The molecule has 1 aromatic heterocycles. The van der Waals surface area contributed by atoms with Gasteiger partial charge in [0.05, 0.1) is 36.5 Å². The molecule has 0 aliphatic carbocycles. The van der Waals surface area contributed by atoms with Crippen molar-refractivity contribution in [3.8, 4) is 22.9 Å². The Kier molecular flexibility index (Phi) is 8.12. The van der Waals surface area contributed by atoms with Crippen LogP contribution >= 0.6 is 0 Å². The molecule has 1 unspecified atom stereocenters. The zero-order chi connectivity index (χ0) is 25.3. The number of aryl methyl sites for hydroxylation is 1. The van der Waals surface area contributed by atoms with E-state index < -0.39 is 0 Å². The second-order valence-corrected chi connectivity index (χ2v) is 8.53. The molecule has 1 atom stereocenters. The number of rotatable bonds is 10. The Morgan fingerprint density at radius 3 is 2.53 bits per heavy atom. The molecule has 7 heteroatoms. The van der Waals surface area contributed by atoms with E-state index in [-0.39, 0.29) is 11.8 Å². The first kappa shape index (κ1) is 24.7. The first-order valence-corrected chi connectivity index (χ1v) is 11.8. The van der Waals surface area contributed by atoms with Crippen LogP contribution in [-0.2, 0) is 18.3 Å². The molecule has 0 aliphatic heterocycles. The minimum atomic E-state index is -0.380. The fourth-order valence-electron chi connectivity index (χ4n) is 4.04. The fourth-order valence-corrected chi connectivity index (χ4v) is 4.04. The van der Waals surface area contributed by atoms with Gasteiger partial charge in [0.1, 0.15) is 5.75 Å². The van der Waals surface area contributed by atoms with E-state index in [1.54, 1.807) is 18.0 Å². The lowest BCUT2D eigenvalue weighted by Crippen LogP contribution is -2.32. The first-order valence-electron chi connectivity index (χ1n) is 11.8. The average Bonchev–Trinajstić information content (AvgIpc) is 3.35. The molecule has 0 spiro atoms. The highest BCUT2D eigenvalue weighted by molar-refractivity contribution is 5.97. The maximum Gasteiger partial charge on any atom is 0.233 e. The van der Waals surface area contributed by atoms with E-state index in [0.717, 1.165) is 28.7 Å². The fraction of sp³-hybridized carbons (Fsp3) is 0.207.